The van der Waals surface area contributed by atoms with E-state index in [1.54, 1.807) is 11.8 Å². The van der Waals surface area contributed by atoms with E-state index in [2.05, 4.69) is 11.8 Å². The summed E-state index contributed by atoms with van der Waals surface area (Å²) < 4.78 is 0. The molecule has 0 aliphatic carbocycles. The van der Waals surface area contributed by atoms with Crippen molar-refractivity contribution in [3.8, 4) is 0 Å². The highest BCUT2D eigenvalue weighted by Crippen LogP contribution is 2.25. The lowest BCUT2D eigenvalue weighted by Gasteiger charge is -2.37. The van der Waals surface area contributed by atoms with Crippen LogP contribution in [0, 0.1) is 6.92 Å². The van der Waals surface area contributed by atoms with Crippen molar-refractivity contribution in [1.82, 2.24) is 4.90 Å². The highest BCUT2D eigenvalue weighted by atomic mass is 35.5. The number of nitrogens with two attached hydrogens (primary N) is 1. The molecule has 0 spiro atoms. The van der Waals surface area contributed by atoms with Crippen LogP contribution in [-0.4, -0.2) is 55.0 Å². The Bertz CT molecular complexity index is 525. The highest BCUT2D eigenvalue weighted by Gasteiger charge is 2.25. The summed E-state index contributed by atoms with van der Waals surface area (Å²) in [6, 6.07) is 5.57. The second-order valence-corrected chi connectivity index (χ2v) is 7.05. The number of amides is 1. The first kappa shape index (κ1) is 23.7. The third-order valence-electron chi connectivity index (χ3n) is 4.05. The van der Waals surface area contributed by atoms with Crippen molar-refractivity contribution in [2.45, 2.75) is 19.4 Å². The summed E-state index contributed by atoms with van der Waals surface area (Å²) in [6.07, 6.45) is 2.77. The molecule has 1 fully saturated rings. The van der Waals surface area contributed by atoms with Crippen LogP contribution in [0.3, 0.4) is 0 Å². The second-order valence-electron chi connectivity index (χ2n) is 5.63. The van der Waals surface area contributed by atoms with Crippen LogP contribution in [0.5, 0.6) is 0 Å². The van der Waals surface area contributed by atoms with E-state index in [1.165, 1.54) is 5.56 Å². The highest BCUT2D eigenvalue weighted by molar-refractivity contribution is 7.98. The molecule has 4 nitrogen and oxygen atoms in total. The number of hydrogen-bond donors (Lipinski definition) is 1. The van der Waals surface area contributed by atoms with Gasteiger partial charge in [0, 0.05) is 36.9 Å². The van der Waals surface area contributed by atoms with Crippen LogP contribution >= 0.6 is 48.2 Å². The quantitative estimate of drug-likeness (QED) is 0.803. The van der Waals surface area contributed by atoms with E-state index < -0.39 is 0 Å². The van der Waals surface area contributed by atoms with Gasteiger partial charge in [0.2, 0.25) is 5.91 Å². The van der Waals surface area contributed by atoms with Gasteiger partial charge in [-0.15, -0.1) is 24.8 Å². The van der Waals surface area contributed by atoms with Gasteiger partial charge in [-0.3, -0.25) is 4.79 Å². The fourth-order valence-electron chi connectivity index (χ4n) is 2.69. The Hall–Kier alpha value is -0.330. The average molecular weight is 415 g/mol. The number of hydrogen-bond acceptors (Lipinski definition) is 4. The van der Waals surface area contributed by atoms with E-state index in [1.807, 2.05) is 29.4 Å². The molecule has 1 heterocycles. The van der Waals surface area contributed by atoms with Gasteiger partial charge in [0.05, 0.1) is 6.04 Å². The van der Waals surface area contributed by atoms with E-state index >= 15 is 0 Å². The predicted octanol–water partition coefficient (Wildman–Crippen LogP) is 3.22. The van der Waals surface area contributed by atoms with Crippen molar-refractivity contribution in [2.24, 2.45) is 5.73 Å². The largest absolute Gasteiger partial charge is 0.368 e. The Balaban J connectivity index is 0.00000264. The van der Waals surface area contributed by atoms with Gasteiger partial charge in [0.1, 0.15) is 0 Å². The lowest BCUT2D eigenvalue weighted by Crippen LogP contribution is -2.53. The van der Waals surface area contributed by atoms with Crippen LogP contribution in [0.25, 0.3) is 0 Å². The minimum Gasteiger partial charge on any atom is -0.368 e. The zero-order chi connectivity index (χ0) is 16.1. The topological polar surface area (TPSA) is 49.6 Å². The molecule has 0 bridgehead atoms. The van der Waals surface area contributed by atoms with E-state index in [0.717, 1.165) is 49.1 Å². The average Bonchev–Trinajstić information content (AvgIpc) is 2.54. The standard InChI is InChI=1S/C16H24ClN3OS.2ClH/c1-12-3-4-13(17)11-15(12)19-6-8-20(9-7-19)16(21)14(18)5-10-22-2;;/h3-4,11,14H,5-10,18H2,1-2H3;2*1H. The van der Waals surface area contributed by atoms with Crippen molar-refractivity contribution in [3.63, 3.8) is 0 Å². The van der Waals surface area contributed by atoms with Crippen LogP contribution in [0.4, 0.5) is 5.69 Å². The summed E-state index contributed by atoms with van der Waals surface area (Å²) in [6.45, 7) is 5.17. The Morgan fingerprint density at radius 3 is 2.50 bits per heavy atom. The monoisotopic (exact) mass is 413 g/mol. The Kier molecular flexibility index (Phi) is 11.2. The van der Waals surface area contributed by atoms with E-state index in [0.29, 0.717) is 0 Å². The van der Waals surface area contributed by atoms with Crippen molar-refractivity contribution < 1.29 is 4.79 Å². The number of nitrogens with zero attached hydrogens (tertiary/aromatic N) is 2. The van der Waals surface area contributed by atoms with E-state index in [4.69, 9.17) is 17.3 Å². The molecule has 2 N–H and O–H groups in total. The first-order chi connectivity index (χ1) is 10.5. The number of thioether (sulfide) groups is 1. The molecule has 0 aromatic heterocycles. The fourth-order valence-corrected chi connectivity index (χ4v) is 3.35. The van der Waals surface area contributed by atoms with Gasteiger partial charge in [-0.2, -0.15) is 11.8 Å². The molecule has 138 valence electrons. The van der Waals surface area contributed by atoms with Gasteiger partial charge in [0.15, 0.2) is 0 Å². The Morgan fingerprint density at radius 2 is 1.92 bits per heavy atom. The summed E-state index contributed by atoms with van der Waals surface area (Å²) in [7, 11) is 0. The number of aryl methyl sites for hydroxylation is 1. The first-order valence-corrected chi connectivity index (χ1v) is 9.34. The van der Waals surface area contributed by atoms with Crippen molar-refractivity contribution in [1.29, 1.82) is 0 Å². The minimum absolute atomic E-state index is 0. The number of piperazine rings is 1. The van der Waals surface area contributed by atoms with E-state index in [-0.39, 0.29) is 36.8 Å². The summed E-state index contributed by atoms with van der Waals surface area (Å²) in [5.74, 6) is 1.01. The molecule has 1 aliphatic heterocycles. The smallest absolute Gasteiger partial charge is 0.239 e. The van der Waals surface area contributed by atoms with Crippen LogP contribution < -0.4 is 10.6 Å². The Labute approximate surface area is 166 Å². The number of rotatable bonds is 5. The lowest BCUT2D eigenvalue weighted by molar-refractivity contribution is -0.132. The molecule has 0 radical (unpaired) electrons. The SMILES string of the molecule is CSCCC(N)C(=O)N1CCN(c2cc(Cl)ccc2C)CC1.Cl.Cl. The van der Waals surface area contributed by atoms with Gasteiger partial charge in [-0.25, -0.2) is 0 Å². The van der Waals surface area contributed by atoms with Gasteiger partial charge >= 0.3 is 0 Å². The molecular weight excluding hydrogens is 389 g/mol. The molecule has 8 heteroatoms. The fraction of sp³-hybridized carbons (Fsp3) is 0.562. The molecular formula is C16H26Cl3N3OS. The van der Waals surface area contributed by atoms with Gasteiger partial charge in [-0.05, 0) is 43.0 Å². The summed E-state index contributed by atoms with van der Waals surface area (Å²) >= 11 is 7.82. The van der Waals surface area contributed by atoms with Gasteiger partial charge < -0.3 is 15.5 Å². The van der Waals surface area contributed by atoms with Crippen LogP contribution in [0.2, 0.25) is 5.02 Å². The number of halogens is 3. The minimum atomic E-state index is -0.369. The third-order valence-corrected chi connectivity index (χ3v) is 4.93. The zero-order valence-corrected chi connectivity index (χ0v) is 17.2. The summed E-state index contributed by atoms with van der Waals surface area (Å²) in [5.41, 5.74) is 8.36. The van der Waals surface area contributed by atoms with Crippen molar-refractivity contribution in [2.75, 3.05) is 43.1 Å². The molecule has 0 saturated carbocycles. The molecule has 1 unspecified atom stereocenters. The molecule has 24 heavy (non-hydrogen) atoms. The maximum absolute atomic E-state index is 12.3. The molecule has 1 aromatic carbocycles. The molecule has 1 aliphatic rings. The maximum atomic E-state index is 12.3. The van der Waals surface area contributed by atoms with Crippen LogP contribution in [0.15, 0.2) is 18.2 Å². The molecule has 1 amide bonds. The number of carbonyl (C=O) groups excluding carboxylic acids is 1. The number of carbonyl (C=O) groups is 1. The molecule has 1 atom stereocenters. The third kappa shape index (κ3) is 6.19. The van der Waals surface area contributed by atoms with Crippen LogP contribution in [0.1, 0.15) is 12.0 Å². The summed E-state index contributed by atoms with van der Waals surface area (Å²) in [5, 5.41) is 0.748. The van der Waals surface area contributed by atoms with Crippen LogP contribution in [-0.2, 0) is 4.79 Å². The Morgan fingerprint density at radius 1 is 1.29 bits per heavy atom. The van der Waals surface area contributed by atoms with E-state index in [9.17, 15) is 4.79 Å². The number of benzene rings is 1. The molecule has 1 saturated heterocycles. The maximum Gasteiger partial charge on any atom is 0.239 e. The van der Waals surface area contributed by atoms with Gasteiger partial charge in [-0.1, -0.05) is 17.7 Å². The zero-order valence-electron chi connectivity index (χ0n) is 14.0. The lowest BCUT2D eigenvalue weighted by atomic mass is 10.1. The predicted molar refractivity (Wildman–Crippen MR) is 110 cm³/mol. The molecule has 1 aromatic rings. The van der Waals surface area contributed by atoms with Crippen molar-refractivity contribution >= 4 is 59.8 Å². The summed E-state index contributed by atoms with van der Waals surface area (Å²) in [4.78, 5) is 16.5. The van der Waals surface area contributed by atoms with Crippen molar-refractivity contribution in [3.05, 3.63) is 28.8 Å². The van der Waals surface area contributed by atoms with Gasteiger partial charge in [0.25, 0.3) is 0 Å². The number of anilines is 1. The molecule has 2 rings (SSSR count). The second kappa shape index (κ2) is 11.3. The first-order valence-electron chi connectivity index (χ1n) is 7.57. The normalized spacial score (nSPS) is 15.3.